The maximum Gasteiger partial charge on any atom is 0.239 e. The Bertz CT molecular complexity index is 317. The molecule has 0 spiro atoms. The van der Waals surface area contributed by atoms with Crippen molar-refractivity contribution >= 4 is 5.91 Å². The molecule has 2 aliphatic carbocycles. The van der Waals surface area contributed by atoms with Gasteiger partial charge in [0.2, 0.25) is 5.91 Å². The van der Waals surface area contributed by atoms with Crippen LogP contribution in [0, 0.1) is 17.8 Å². The molecule has 0 aromatic carbocycles. The van der Waals surface area contributed by atoms with E-state index in [2.05, 4.69) is 17.1 Å². The summed E-state index contributed by atoms with van der Waals surface area (Å²) in [6.07, 6.45) is 6.18. The van der Waals surface area contributed by atoms with Crippen LogP contribution in [-0.4, -0.2) is 36.5 Å². The minimum absolute atomic E-state index is 0.0674. The molecule has 17 heavy (non-hydrogen) atoms. The molecule has 0 aromatic heterocycles. The second kappa shape index (κ2) is 4.27. The molecule has 3 aliphatic rings. The summed E-state index contributed by atoms with van der Waals surface area (Å²) < 4.78 is 0. The van der Waals surface area contributed by atoms with Gasteiger partial charge < -0.3 is 10.2 Å². The van der Waals surface area contributed by atoms with Crippen molar-refractivity contribution in [2.45, 2.75) is 51.1 Å². The molecule has 3 heteroatoms. The first-order chi connectivity index (χ1) is 8.20. The molecular formula is C14H24N2O. The number of rotatable bonds is 2. The Kier molecular flexibility index (Phi) is 2.89. The summed E-state index contributed by atoms with van der Waals surface area (Å²) in [4.78, 5) is 14.8. The molecule has 96 valence electrons. The van der Waals surface area contributed by atoms with Gasteiger partial charge in [-0.05, 0) is 56.9 Å². The number of hydrogen-bond donors (Lipinski definition) is 1. The number of likely N-dealkylation sites (N-methyl/N-ethyl adjacent to an activating group) is 1. The molecule has 1 amide bonds. The van der Waals surface area contributed by atoms with Crippen molar-refractivity contribution in [1.29, 1.82) is 0 Å². The van der Waals surface area contributed by atoms with Gasteiger partial charge in [-0.15, -0.1) is 0 Å². The summed E-state index contributed by atoms with van der Waals surface area (Å²) >= 11 is 0. The number of amides is 1. The van der Waals surface area contributed by atoms with Crippen molar-refractivity contribution in [2.75, 3.05) is 13.6 Å². The molecular weight excluding hydrogens is 212 g/mol. The van der Waals surface area contributed by atoms with E-state index in [-0.39, 0.29) is 6.04 Å². The van der Waals surface area contributed by atoms with Crippen LogP contribution in [0.2, 0.25) is 0 Å². The molecule has 3 rings (SSSR count). The smallest absolute Gasteiger partial charge is 0.239 e. The van der Waals surface area contributed by atoms with Gasteiger partial charge in [-0.3, -0.25) is 4.79 Å². The Labute approximate surface area is 104 Å². The van der Waals surface area contributed by atoms with Crippen LogP contribution in [0.4, 0.5) is 0 Å². The lowest BCUT2D eigenvalue weighted by Gasteiger charge is -2.32. The minimum Gasteiger partial charge on any atom is -0.338 e. The van der Waals surface area contributed by atoms with Crippen LogP contribution in [0.1, 0.15) is 39.0 Å². The first-order valence-corrected chi connectivity index (χ1v) is 7.18. The second-order valence-electron chi connectivity index (χ2n) is 6.32. The zero-order valence-corrected chi connectivity index (χ0v) is 11.0. The van der Waals surface area contributed by atoms with Gasteiger partial charge in [0.25, 0.3) is 0 Å². The number of nitrogens with zero attached hydrogens (tertiary/aromatic N) is 1. The van der Waals surface area contributed by atoms with E-state index in [1.165, 1.54) is 25.7 Å². The van der Waals surface area contributed by atoms with E-state index < -0.39 is 0 Å². The molecule has 2 saturated carbocycles. The zero-order valence-electron chi connectivity index (χ0n) is 11.0. The second-order valence-corrected chi connectivity index (χ2v) is 6.32. The average Bonchev–Trinajstić information content (AvgIpc) is 3.01. The van der Waals surface area contributed by atoms with Gasteiger partial charge in [0.1, 0.15) is 0 Å². The molecule has 1 saturated heterocycles. The van der Waals surface area contributed by atoms with E-state index in [1.807, 2.05) is 7.05 Å². The van der Waals surface area contributed by atoms with Crippen LogP contribution in [0.5, 0.6) is 0 Å². The van der Waals surface area contributed by atoms with Crippen LogP contribution in [0.25, 0.3) is 0 Å². The Hall–Kier alpha value is -0.570. The summed E-state index contributed by atoms with van der Waals surface area (Å²) in [6, 6.07) is 0.640. The predicted octanol–water partition coefficient (Wildman–Crippen LogP) is 1.63. The normalized spacial score (nSPS) is 45.6. The van der Waals surface area contributed by atoms with Gasteiger partial charge in [-0.25, -0.2) is 0 Å². The molecule has 5 atom stereocenters. The number of nitrogens with one attached hydrogen (secondary N) is 1. The summed E-state index contributed by atoms with van der Waals surface area (Å²) in [5.74, 6) is 2.84. The van der Waals surface area contributed by atoms with Crippen LogP contribution < -0.4 is 5.32 Å². The third-order valence-corrected chi connectivity index (χ3v) is 5.09. The summed E-state index contributed by atoms with van der Waals surface area (Å²) in [5, 5.41) is 3.20. The number of carbonyl (C=O) groups excluding carboxylic acids is 1. The van der Waals surface area contributed by atoms with Crippen LogP contribution in [-0.2, 0) is 4.79 Å². The minimum atomic E-state index is 0.0674. The van der Waals surface area contributed by atoms with Crippen molar-refractivity contribution in [3.63, 3.8) is 0 Å². The molecule has 1 heterocycles. The molecule has 0 bridgehead atoms. The first-order valence-electron chi connectivity index (χ1n) is 7.18. The summed E-state index contributed by atoms with van der Waals surface area (Å²) in [6.45, 7) is 3.28. The van der Waals surface area contributed by atoms with Crippen molar-refractivity contribution in [3.8, 4) is 0 Å². The third kappa shape index (κ3) is 1.99. The average molecular weight is 236 g/mol. The third-order valence-electron chi connectivity index (χ3n) is 5.09. The molecule has 3 fully saturated rings. The van der Waals surface area contributed by atoms with Crippen LogP contribution in [0.15, 0.2) is 0 Å². The molecule has 1 aliphatic heterocycles. The van der Waals surface area contributed by atoms with E-state index in [4.69, 9.17) is 0 Å². The highest BCUT2D eigenvalue weighted by molar-refractivity contribution is 5.82. The maximum absolute atomic E-state index is 12.5. The fourth-order valence-corrected chi connectivity index (χ4v) is 3.92. The first kappa shape index (κ1) is 11.5. The van der Waals surface area contributed by atoms with Crippen molar-refractivity contribution in [3.05, 3.63) is 0 Å². The Morgan fingerprint density at radius 1 is 1.24 bits per heavy atom. The lowest BCUT2D eigenvalue weighted by atomic mass is 10.0. The van der Waals surface area contributed by atoms with Gasteiger partial charge in [-0.1, -0.05) is 6.92 Å². The Balaban J connectivity index is 1.77. The monoisotopic (exact) mass is 236 g/mol. The molecule has 0 aromatic rings. The van der Waals surface area contributed by atoms with E-state index in [1.54, 1.807) is 0 Å². The topological polar surface area (TPSA) is 32.3 Å². The predicted molar refractivity (Wildman–Crippen MR) is 67.6 cm³/mol. The fourth-order valence-electron chi connectivity index (χ4n) is 3.92. The molecule has 0 radical (unpaired) electrons. The lowest BCUT2D eigenvalue weighted by Crippen LogP contribution is -2.49. The number of likely N-dealkylation sites (tertiary alicyclic amines) is 1. The standard InChI is InChI=1S/C14H24N2O/c1-9-3-5-12(15-2)14(17)16(8-9)13-6-4-10-7-11(10)13/h9-13,15H,3-8H2,1-2H3. The van der Waals surface area contributed by atoms with E-state index in [0.717, 1.165) is 24.8 Å². The largest absolute Gasteiger partial charge is 0.338 e. The summed E-state index contributed by atoms with van der Waals surface area (Å²) in [7, 11) is 1.92. The Morgan fingerprint density at radius 2 is 2.06 bits per heavy atom. The Morgan fingerprint density at radius 3 is 2.65 bits per heavy atom. The number of hydrogen-bond acceptors (Lipinski definition) is 2. The van der Waals surface area contributed by atoms with Crippen molar-refractivity contribution < 1.29 is 4.79 Å². The van der Waals surface area contributed by atoms with Crippen LogP contribution >= 0.6 is 0 Å². The van der Waals surface area contributed by atoms with E-state index in [0.29, 0.717) is 17.9 Å². The van der Waals surface area contributed by atoms with Crippen LogP contribution in [0.3, 0.4) is 0 Å². The van der Waals surface area contributed by atoms with E-state index in [9.17, 15) is 4.79 Å². The quantitative estimate of drug-likeness (QED) is 0.790. The highest BCUT2D eigenvalue weighted by Crippen LogP contribution is 2.53. The fraction of sp³-hybridized carbons (Fsp3) is 0.929. The molecule has 3 nitrogen and oxygen atoms in total. The molecule has 1 N–H and O–H groups in total. The van der Waals surface area contributed by atoms with Gasteiger partial charge >= 0.3 is 0 Å². The molecule has 5 unspecified atom stereocenters. The zero-order chi connectivity index (χ0) is 12.0. The van der Waals surface area contributed by atoms with Gasteiger partial charge in [-0.2, -0.15) is 0 Å². The number of fused-ring (bicyclic) bond motifs is 1. The van der Waals surface area contributed by atoms with E-state index >= 15 is 0 Å². The van der Waals surface area contributed by atoms with Gasteiger partial charge in [0.05, 0.1) is 6.04 Å². The maximum atomic E-state index is 12.5. The highest BCUT2D eigenvalue weighted by Gasteiger charge is 2.51. The lowest BCUT2D eigenvalue weighted by molar-refractivity contribution is -0.135. The SMILES string of the molecule is CNC1CCC(C)CN(C2CCC3CC32)C1=O. The summed E-state index contributed by atoms with van der Waals surface area (Å²) in [5.41, 5.74) is 0. The highest BCUT2D eigenvalue weighted by atomic mass is 16.2. The van der Waals surface area contributed by atoms with Gasteiger partial charge in [0, 0.05) is 12.6 Å². The van der Waals surface area contributed by atoms with Crippen molar-refractivity contribution in [2.24, 2.45) is 17.8 Å². The van der Waals surface area contributed by atoms with Gasteiger partial charge in [0.15, 0.2) is 0 Å². The number of carbonyl (C=O) groups is 1. The van der Waals surface area contributed by atoms with Crippen molar-refractivity contribution in [1.82, 2.24) is 10.2 Å².